The molecule has 0 aliphatic rings. The van der Waals surface area contributed by atoms with Gasteiger partial charge >= 0.3 is 10.2 Å². The van der Waals surface area contributed by atoms with Crippen molar-refractivity contribution in [2.75, 3.05) is 0 Å². The van der Waals surface area contributed by atoms with Gasteiger partial charge in [0.15, 0.2) is 0 Å². The van der Waals surface area contributed by atoms with E-state index in [1.807, 2.05) is 0 Å². The molecule has 1 aromatic carbocycles. The van der Waals surface area contributed by atoms with Crippen LogP contribution in [0.1, 0.15) is 20.8 Å². The lowest BCUT2D eigenvalue weighted by Gasteiger charge is -2.41. The Labute approximate surface area is 103 Å². The van der Waals surface area contributed by atoms with E-state index in [-0.39, 0.29) is 5.92 Å². The summed E-state index contributed by atoms with van der Waals surface area (Å²) in [6.07, 6.45) is -0.592. The smallest absolute Gasteiger partial charge is 0.313 e. The van der Waals surface area contributed by atoms with Gasteiger partial charge in [-0.2, -0.15) is 0 Å². The summed E-state index contributed by atoms with van der Waals surface area (Å²) in [4.78, 5) is -1.97. The van der Waals surface area contributed by atoms with Crippen LogP contribution in [0.15, 0.2) is 29.2 Å². The van der Waals surface area contributed by atoms with Gasteiger partial charge in [-0.3, -0.25) is 0 Å². The van der Waals surface area contributed by atoms with Gasteiger partial charge in [0.2, 0.25) is 0 Å². The zero-order chi connectivity index (χ0) is 14.3. The topological polar surface area (TPSA) is 9.23 Å². The first-order valence-corrected chi connectivity index (χ1v) is 7.26. The van der Waals surface area contributed by atoms with Crippen molar-refractivity contribution in [1.29, 1.82) is 0 Å². The van der Waals surface area contributed by atoms with E-state index in [9.17, 15) is 19.4 Å². The molecule has 1 aromatic rings. The molecular weight excluding hydrogens is 275 g/mol. The summed E-state index contributed by atoms with van der Waals surface area (Å²) in [6, 6.07) is 3.41. The standard InChI is InChI=1S/C11H15F5OS/c1-8(2)9(3)17-10-6-4-5-7-11(10)18(12,13,14,15)16/h4-9H,1-3H3. The molecule has 0 amide bonds. The number of hydrogen-bond acceptors (Lipinski definition) is 1. The van der Waals surface area contributed by atoms with Crippen LogP contribution in [0, 0.1) is 5.92 Å². The molecule has 0 N–H and O–H groups in total. The van der Waals surface area contributed by atoms with Crippen molar-refractivity contribution < 1.29 is 24.2 Å². The zero-order valence-corrected chi connectivity index (χ0v) is 11.0. The molecule has 0 aromatic heterocycles. The quantitative estimate of drug-likeness (QED) is 0.640. The highest BCUT2D eigenvalue weighted by molar-refractivity contribution is 8.45. The molecule has 1 rings (SSSR count). The lowest BCUT2D eigenvalue weighted by Crippen LogP contribution is -2.20. The van der Waals surface area contributed by atoms with Crippen LogP contribution in [0.3, 0.4) is 0 Å². The molecule has 0 fully saturated rings. The van der Waals surface area contributed by atoms with Gasteiger partial charge < -0.3 is 4.74 Å². The molecule has 0 heterocycles. The minimum atomic E-state index is -9.71. The fourth-order valence-corrected chi connectivity index (χ4v) is 2.03. The van der Waals surface area contributed by atoms with Crippen LogP contribution < -0.4 is 4.74 Å². The monoisotopic (exact) mass is 290 g/mol. The Morgan fingerprint density at radius 3 is 1.89 bits per heavy atom. The first-order chi connectivity index (χ1) is 7.81. The lowest BCUT2D eigenvalue weighted by molar-refractivity contribution is 0.163. The minimum absolute atomic E-state index is 0.0865. The molecule has 1 nitrogen and oxygen atoms in total. The third kappa shape index (κ3) is 3.76. The molecule has 0 aliphatic heterocycles. The summed E-state index contributed by atoms with van der Waals surface area (Å²) < 4.78 is 68.9. The van der Waals surface area contributed by atoms with E-state index in [0.717, 1.165) is 12.1 Å². The van der Waals surface area contributed by atoms with Gasteiger partial charge in [0.1, 0.15) is 10.6 Å². The molecule has 0 spiro atoms. The number of para-hydroxylation sites is 1. The van der Waals surface area contributed by atoms with Crippen LogP contribution >= 0.6 is 10.2 Å². The summed E-state index contributed by atoms with van der Waals surface area (Å²) in [7, 11) is -9.71. The van der Waals surface area contributed by atoms with Crippen molar-refractivity contribution in [3.8, 4) is 5.75 Å². The first kappa shape index (κ1) is 15.1. The van der Waals surface area contributed by atoms with Crippen LogP contribution in [-0.4, -0.2) is 6.10 Å². The van der Waals surface area contributed by atoms with E-state index in [2.05, 4.69) is 0 Å². The van der Waals surface area contributed by atoms with Gasteiger partial charge in [-0.05, 0) is 25.0 Å². The maximum Gasteiger partial charge on any atom is 0.313 e. The molecule has 1 atom stereocenters. The number of hydrogen-bond donors (Lipinski definition) is 0. The van der Waals surface area contributed by atoms with Gasteiger partial charge in [0, 0.05) is 0 Å². The van der Waals surface area contributed by atoms with Crippen LogP contribution in [0.5, 0.6) is 5.75 Å². The summed E-state index contributed by atoms with van der Waals surface area (Å²) >= 11 is 0. The second-order valence-electron chi connectivity index (χ2n) is 4.48. The molecule has 0 saturated heterocycles. The predicted octanol–water partition coefficient (Wildman–Crippen LogP) is 5.77. The highest BCUT2D eigenvalue weighted by Crippen LogP contribution is 3.03. The number of ether oxygens (including phenoxy) is 1. The lowest BCUT2D eigenvalue weighted by atomic mass is 10.1. The maximum atomic E-state index is 12.8. The average molecular weight is 290 g/mol. The van der Waals surface area contributed by atoms with Crippen molar-refractivity contribution >= 4 is 10.2 Å². The number of halogens is 5. The van der Waals surface area contributed by atoms with E-state index < -0.39 is 27.0 Å². The van der Waals surface area contributed by atoms with Gasteiger partial charge in [-0.15, -0.1) is 0 Å². The Kier molecular flexibility index (Phi) is 3.15. The van der Waals surface area contributed by atoms with E-state index in [1.165, 1.54) is 13.0 Å². The normalized spacial score (nSPS) is 18.1. The summed E-state index contributed by atoms with van der Waals surface area (Å²) in [5.74, 6) is -0.908. The molecule has 1 unspecified atom stereocenters. The molecular formula is C11H15F5OS. The van der Waals surface area contributed by atoms with E-state index in [4.69, 9.17) is 4.74 Å². The van der Waals surface area contributed by atoms with Crippen molar-refractivity contribution in [2.24, 2.45) is 5.92 Å². The average Bonchev–Trinajstić information content (AvgIpc) is 2.14. The summed E-state index contributed by atoms with van der Waals surface area (Å²) in [5, 5.41) is 0. The Morgan fingerprint density at radius 2 is 1.44 bits per heavy atom. The van der Waals surface area contributed by atoms with Gasteiger partial charge in [0.05, 0.1) is 6.10 Å². The Hall–Kier alpha value is -0.980. The second-order valence-corrected chi connectivity index (χ2v) is 6.86. The summed E-state index contributed by atoms with van der Waals surface area (Å²) in [6.45, 7) is 4.99. The SMILES string of the molecule is CC(C)C(C)Oc1ccccc1S(F)(F)(F)(F)F. The maximum absolute atomic E-state index is 12.8. The number of rotatable bonds is 4. The Bertz CT molecular complexity index is 439. The van der Waals surface area contributed by atoms with Crippen molar-refractivity contribution in [3.63, 3.8) is 0 Å². The zero-order valence-electron chi connectivity index (χ0n) is 10.2. The first-order valence-electron chi connectivity index (χ1n) is 5.31. The largest absolute Gasteiger partial charge is 0.489 e. The fraction of sp³-hybridized carbons (Fsp3) is 0.455. The highest BCUT2D eigenvalue weighted by Gasteiger charge is 2.67. The Balaban J connectivity index is 3.26. The van der Waals surface area contributed by atoms with Crippen LogP contribution in [0.25, 0.3) is 0 Å². The second kappa shape index (κ2) is 3.76. The van der Waals surface area contributed by atoms with Crippen molar-refractivity contribution in [1.82, 2.24) is 0 Å². The van der Waals surface area contributed by atoms with E-state index >= 15 is 0 Å². The third-order valence-electron chi connectivity index (χ3n) is 2.52. The predicted molar refractivity (Wildman–Crippen MR) is 62.8 cm³/mol. The molecule has 7 heteroatoms. The molecule has 0 saturated carbocycles. The van der Waals surface area contributed by atoms with Crippen LogP contribution in [0.2, 0.25) is 0 Å². The van der Waals surface area contributed by atoms with Gasteiger partial charge in [-0.1, -0.05) is 45.4 Å². The Morgan fingerprint density at radius 1 is 0.944 bits per heavy atom. The molecule has 18 heavy (non-hydrogen) atoms. The van der Waals surface area contributed by atoms with Crippen molar-refractivity contribution in [3.05, 3.63) is 24.3 Å². The third-order valence-corrected chi connectivity index (χ3v) is 3.68. The van der Waals surface area contributed by atoms with E-state index in [1.54, 1.807) is 13.8 Å². The van der Waals surface area contributed by atoms with Crippen LogP contribution in [0.4, 0.5) is 19.4 Å². The van der Waals surface area contributed by atoms with Crippen molar-refractivity contribution in [2.45, 2.75) is 31.8 Å². The summed E-state index contributed by atoms with van der Waals surface area (Å²) in [5.41, 5.74) is 0. The van der Waals surface area contributed by atoms with Gasteiger partial charge in [0.25, 0.3) is 0 Å². The highest BCUT2D eigenvalue weighted by atomic mass is 32.5. The minimum Gasteiger partial charge on any atom is -0.489 e. The van der Waals surface area contributed by atoms with E-state index in [0.29, 0.717) is 6.07 Å². The fourth-order valence-electron chi connectivity index (χ4n) is 1.20. The van der Waals surface area contributed by atoms with Crippen LogP contribution in [-0.2, 0) is 0 Å². The molecule has 106 valence electrons. The molecule has 0 bridgehead atoms. The molecule has 0 aliphatic carbocycles. The molecule has 0 radical (unpaired) electrons. The van der Waals surface area contributed by atoms with Gasteiger partial charge in [-0.25, -0.2) is 0 Å². The number of benzene rings is 1.